The molecule has 0 unspecified atom stereocenters. The molecule has 0 bridgehead atoms. The number of anilines is 1. The minimum Gasteiger partial charge on any atom is -0.467 e. The first-order chi connectivity index (χ1) is 10.9. The number of rotatable bonds is 2. The van der Waals surface area contributed by atoms with Crippen molar-refractivity contribution in [1.82, 2.24) is 4.90 Å². The van der Waals surface area contributed by atoms with Gasteiger partial charge in [-0.25, -0.2) is 9.59 Å². The first-order valence-electron chi connectivity index (χ1n) is 6.93. The molecule has 0 spiro atoms. The maximum absolute atomic E-state index is 12.4. The molecule has 2 amide bonds. The molecule has 1 saturated heterocycles. The maximum atomic E-state index is 12.4. The van der Waals surface area contributed by atoms with Crippen molar-refractivity contribution in [2.45, 2.75) is 25.5 Å². The average Bonchev–Trinajstić information content (AvgIpc) is 2.93. The number of nitriles is 1. The van der Waals surface area contributed by atoms with Crippen LogP contribution in [0.15, 0.2) is 12.1 Å². The number of benzene rings is 1. The SMILES string of the molecule is COC(=O)[C@@H]1[C@H](O)CCN1C(=O)Nc1ccc(C#N)c(Cl)c1C. The van der Waals surface area contributed by atoms with E-state index in [0.29, 0.717) is 23.2 Å². The van der Waals surface area contributed by atoms with Crippen LogP contribution in [0.3, 0.4) is 0 Å². The Morgan fingerprint density at radius 2 is 2.22 bits per heavy atom. The van der Waals surface area contributed by atoms with E-state index >= 15 is 0 Å². The number of aliphatic hydroxyl groups is 1. The number of carbonyl (C=O) groups excluding carboxylic acids is 2. The highest BCUT2D eigenvalue weighted by Crippen LogP contribution is 2.28. The van der Waals surface area contributed by atoms with Crippen LogP contribution in [-0.2, 0) is 9.53 Å². The molecule has 1 aromatic rings. The predicted molar refractivity (Wildman–Crippen MR) is 83.1 cm³/mol. The summed E-state index contributed by atoms with van der Waals surface area (Å²) in [7, 11) is 1.20. The van der Waals surface area contributed by atoms with Crippen LogP contribution in [0.1, 0.15) is 17.5 Å². The molecule has 1 fully saturated rings. The van der Waals surface area contributed by atoms with E-state index in [0.717, 1.165) is 0 Å². The number of nitrogens with zero attached hydrogens (tertiary/aromatic N) is 2. The molecule has 1 aliphatic heterocycles. The third-order valence-corrected chi connectivity index (χ3v) is 4.31. The lowest BCUT2D eigenvalue weighted by Gasteiger charge is -2.24. The zero-order chi connectivity index (χ0) is 17.1. The molecular weight excluding hydrogens is 322 g/mol. The molecule has 8 heteroatoms. The first-order valence-corrected chi connectivity index (χ1v) is 7.31. The largest absolute Gasteiger partial charge is 0.467 e. The smallest absolute Gasteiger partial charge is 0.331 e. The summed E-state index contributed by atoms with van der Waals surface area (Å²) in [5.41, 5.74) is 1.30. The molecular formula is C15H16ClN3O4. The lowest BCUT2D eigenvalue weighted by atomic mass is 10.1. The number of hydrogen-bond acceptors (Lipinski definition) is 5. The summed E-state index contributed by atoms with van der Waals surface area (Å²) >= 11 is 6.06. The van der Waals surface area contributed by atoms with Crippen LogP contribution in [0.2, 0.25) is 5.02 Å². The summed E-state index contributed by atoms with van der Waals surface area (Å²) in [5, 5.41) is 21.7. The second-order valence-corrected chi connectivity index (χ2v) is 5.54. The molecule has 1 aliphatic rings. The van der Waals surface area contributed by atoms with Gasteiger partial charge >= 0.3 is 12.0 Å². The number of nitrogens with one attached hydrogen (secondary N) is 1. The number of halogens is 1. The van der Waals surface area contributed by atoms with Crippen LogP contribution in [0.4, 0.5) is 10.5 Å². The third kappa shape index (κ3) is 3.23. The van der Waals surface area contributed by atoms with Crippen molar-refractivity contribution < 1.29 is 19.4 Å². The number of hydrogen-bond donors (Lipinski definition) is 2. The highest BCUT2D eigenvalue weighted by molar-refractivity contribution is 6.33. The number of amides is 2. The molecule has 23 heavy (non-hydrogen) atoms. The van der Waals surface area contributed by atoms with Gasteiger partial charge in [0.2, 0.25) is 0 Å². The lowest BCUT2D eigenvalue weighted by Crippen LogP contribution is -2.47. The van der Waals surface area contributed by atoms with Gasteiger partial charge in [-0.1, -0.05) is 11.6 Å². The Morgan fingerprint density at radius 3 is 2.83 bits per heavy atom. The van der Waals surface area contributed by atoms with Gasteiger partial charge in [-0.3, -0.25) is 0 Å². The van der Waals surface area contributed by atoms with Crippen molar-refractivity contribution >= 4 is 29.3 Å². The van der Waals surface area contributed by atoms with Gasteiger partial charge in [0.15, 0.2) is 6.04 Å². The van der Waals surface area contributed by atoms with Crippen molar-refractivity contribution in [1.29, 1.82) is 5.26 Å². The first kappa shape index (κ1) is 17.1. The summed E-state index contributed by atoms with van der Waals surface area (Å²) in [6.45, 7) is 1.91. The molecule has 2 N–H and O–H groups in total. The van der Waals surface area contributed by atoms with E-state index in [-0.39, 0.29) is 11.6 Å². The monoisotopic (exact) mass is 337 g/mol. The predicted octanol–water partition coefficient (Wildman–Crippen LogP) is 1.66. The van der Waals surface area contributed by atoms with Gasteiger partial charge in [-0.15, -0.1) is 0 Å². The van der Waals surface area contributed by atoms with Gasteiger partial charge < -0.3 is 20.1 Å². The lowest BCUT2D eigenvalue weighted by molar-refractivity contribution is -0.147. The van der Waals surface area contributed by atoms with E-state index in [4.69, 9.17) is 16.9 Å². The fourth-order valence-corrected chi connectivity index (χ4v) is 2.71. The molecule has 1 aromatic carbocycles. The summed E-state index contributed by atoms with van der Waals surface area (Å²) in [6.07, 6.45) is -0.667. The van der Waals surface area contributed by atoms with E-state index in [2.05, 4.69) is 10.1 Å². The Kier molecular flexibility index (Phi) is 5.08. The van der Waals surface area contributed by atoms with Crippen molar-refractivity contribution in [3.63, 3.8) is 0 Å². The van der Waals surface area contributed by atoms with Gasteiger partial charge in [0, 0.05) is 12.2 Å². The summed E-state index contributed by atoms with van der Waals surface area (Å²) in [4.78, 5) is 25.4. The van der Waals surface area contributed by atoms with Gasteiger partial charge in [-0.05, 0) is 31.0 Å². The standard InChI is InChI=1S/C15H16ClN3O4/c1-8-10(4-3-9(7-17)12(8)16)18-15(22)19-6-5-11(20)13(19)14(21)23-2/h3-4,11,13,20H,5-6H2,1-2H3,(H,18,22)/t11-,13+/m1/s1. The second-order valence-electron chi connectivity index (χ2n) is 5.16. The quantitative estimate of drug-likeness (QED) is 0.799. The van der Waals surface area contributed by atoms with E-state index < -0.39 is 24.1 Å². The average molecular weight is 338 g/mol. The Bertz CT molecular complexity index is 686. The van der Waals surface area contributed by atoms with Crippen LogP contribution >= 0.6 is 11.6 Å². The summed E-state index contributed by atoms with van der Waals surface area (Å²) < 4.78 is 4.63. The van der Waals surface area contributed by atoms with Crippen molar-refractivity contribution in [3.8, 4) is 6.07 Å². The molecule has 0 radical (unpaired) electrons. The Hall–Kier alpha value is -2.30. The second kappa shape index (κ2) is 6.86. The highest BCUT2D eigenvalue weighted by atomic mass is 35.5. The van der Waals surface area contributed by atoms with E-state index in [1.807, 2.05) is 6.07 Å². The minimum absolute atomic E-state index is 0.232. The van der Waals surface area contributed by atoms with E-state index in [1.54, 1.807) is 13.0 Å². The van der Waals surface area contributed by atoms with Gasteiger partial charge in [-0.2, -0.15) is 5.26 Å². The molecule has 7 nitrogen and oxygen atoms in total. The fraction of sp³-hybridized carbons (Fsp3) is 0.400. The minimum atomic E-state index is -1.03. The van der Waals surface area contributed by atoms with E-state index in [9.17, 15) is 14.7 Å². The number of carbonyl (C=O) groups is 2. The number of aliphatic hydroxyl groups excluding tert-OH is 1. The summed E-state index contributed by atoms with van der Waals surface area (Å²) in [5.74, 6) is -0.667. The van der Waals surface area contributed by atoms with Crippen molar-refractivity contribution in [3.05, 3.63) is 28.3 Å². The molecule has 0 saturated carbocycles. The number of ether oxygens (including phenoxy) is 1. The number of likely N-dealkylation sites (tertiary alicyclic amines) is 1. The van der Waals surface area contributed by atoms with Crippen LogP contribution in [0.25, 0.3) is 0 Å². The molecule has 2 rings (SSSR count). The molecule has 2 atom stereocenters. The molecule has 0 aliphatic carbocycles. The van der Waals surface area contributed by atoms with Crippen molar-refractivity contribution in [2.24, 2.45) is 0 Å². The zero-order valence-corrected chi connectivity index (χ0v) is 13.4. The number of urea groups is 1. The van der Waals surface area contributed by atoms with Crippen LogP contribution < -0.4 is 5.32 Å². The third-order valence-electron chi connectivity index (χ3n) is 3.82. The Labute approximate surface area is 138 Å². The van der Waals surface area contributed by atoms with Gasteiger partial charge in [0.25, 0.3) is 0 Å². The molecule has 0 aromatic heterocycles. The Morgan fingerprint density at radius 1 is 1.52 bits per heavy atom. The van der Waals surface area contributed by atoms with Gasteiger partial charge in [0.05, 0.1) is 23.8 Å². The normalized spacial score (nSPS) is 20.0. The van der Waals surface area contributed by atoms with Gasteiger partial charge in [0.1, 0.15) is 6.07 Å². The Balaban J connectivity index is 2.21. The van der Waals surface area contributed by atoms with Crippen molar-refractivity contribution in [2.75, 3.05) is 19.0 Å². The fourth-order valence-electron chi connectivity index (χ4n) is 2.50. The highest BCUT2D eigenvalue weighted by Gasteiger charge is 2.42. The number of methoxy groups -OCH3 is 1. The van der Waals surface area contributed by atoms with Crippen LogP contribution in [0.5, 0.6) is 0 Å². The zero-order valence-electron chi connectivity index (χ0n) is 12.7. The molecule has 122 valence electrons. The van der Waals surface area contributed by atoms with Crippen LogP contribution in [-0.4, -0.2) is 47.8 Å². The maximum Gasteiger partial charge on any atom is 0.331 e. The summed E-state index contributed by atoms with van der Waals surface area (Å²) in [6, 6.07) is 3.45. The van der Waals surface area contributed by atoms with E-state index in [1.165, 1.54) is 18.1 Å². The topological polar surface area (TPSA) is 103 Å². The molecule has 1 heterocycles. The number of esters is 1. The van der Waals surface area contributed by atoms with Crippen LogP contribution in [0, 0.1) is 18.3 Å².